The maximum atomic E-state index is 4.59. The van der Waals surface area contributed by atoms with Crippen LogP contribution in [0.15, 0.2) is 18.3 Å². The van der Waals surface area contributed by atoms with Crippen molar-refractivity contribution in [3.05, 3.63) is 18.3 Å². The summed E-state index contributed by atoms with van der Waals surface area (Å²) in [4.78, 5) is 4.59. The lowest BCUT2D eigenvalue weighted by Crippen LogP contribution is -2.29. The molecule has 3 aliphatic rings. The second-order valence-electron chi connectivity index (χ2n) is 7.59. The number of hydrogen-bond acceptors (Lipinski definition) is 3. The van der Waals surface area contributed by atoms with Crippen LogP contribution in [0, 0.1) is 11.8 Å². The highest BCUT2D eigenvalue weighted by molar-refractivity contribution is 5.48. The molecule has 0 amide bonds. The van der Waals surface area contributed by atoms with Gasteiger partial charge in [0.15, 0.2) is 0 Å². The summed E-state index contributed by atoms with van der Waals surface area (Å²) in [5.74, 6) is 2.91. The van der Waals surface area contributed by atoms with Crippen molar-refractivity contribution in [2.45, 2.75) is 76.3 Å². The predicted octanol–water partition coefficient (Wildman–Crippen LogP) is 4.82. The minimum Gasteiger partial charge on any atom is -0.381 e. The molecular weight excluding hydrogens is 270 g/mol. The smallest absolute Gasteiger partial charge is 0.126 e. The van der Waals surface area contributed by atoms with E-state index < -0.39 is 0 Å². The van der Waals surface area contributed by atoms with Gasteiger partial charge in [0.05, 0.1) is 11.9 Å². The summed E-state index contributed by atoms with van der Waals surface area (Å²) in [6.07, 6.45) is 16.0. The van der Waals surface area contributed by atoms with Crippen molar-refractivity contribution in [2.75, 3.05) is 10.6 Å². The number of nitrogens with one attached hydrogen (secondary N) is 2. The van der Waals surface area contributed by atoms with E-state index in [9.17, 15) is 0 Å². The van der Waals surface area contributed by atoms with Crippen LogP contribution in [0.5, 0.6) is 0 Å². The van der Waals surface area contributed by atoms with E-state index in [0.717, 1.165) is 17.7 Å². The summed E-state index contributed by atoms with van der Waals surface area (Å²) < 4.78 is 0. The normalized spacial score (nSPS) is 29.5. The summed E-state index contributed by atoms with van der Waals surface area (Å²) in [5, 5.41) is 7.30. The lowest BCUT2D eigenvalue weighted by molar-refractivity contribution is 0.327. The summed E-state index contributed by atoms with van der Waals surface area (Å²) in [6, 6.07) is 5.68. The first kappa shape index (κ1) is 14.3. The zero-order chi connectivity index (χ0) is 14.8. The van der Waals surface area contributed by atoms with Gasteiger partial charge in [-0.1, -0.05) is 32.1 Å². The summed E-state index contributed by atoms with van der Waals surface area (Å²) in [5.41, 5.74) is 1.20. The highest BCUT2D eigenvalue weighted by Crippen LogP contribution is 2.41. The SMILES string of the molecule is c1cc(NC2CCC2)ncc1NC1CCCC1C1CCCC1. The second-order valence-corrected chi connectivity index (χ2v) is 7.59. The van der Waals surface area contributed by atoms with E-state index in [0.29, 0.717) is 12.1 Å². The van der Waals surface area contributed by atoms with Crippen LogP contribution in [0.3, 0.4) is 0 Å². The molecule has 3 heteroatoms. The number of nitrogens with zero attached hydrogens (tertiary/aromatic N) is 1. The average Bonchev–Trinajstić information content (AvgIpc) is 3.15. The van der Waals surface area contributed by atoms with Crippen molar-refractivity contribution in [3.63, 3.8) is 0 Å². The molecule has 0 aromatic carbocycles. The molecule has 3 fully saturated rings. The lowest BCUT2D eigenvalue weighted by Gasteiger charge is -2.28. The van der Waals surface area contributed by atoms with Gasteiger partial charge >= 0.3 is 0 Å². The van der Waals surface area contributed by atoms with Crippen LogP contribution in [0.1, 0.15) is 64.2 Å². The van der Waals surface area contributed by atoms with Crippen molar-refractivity contribution >= 4 is 11.5 Å². The molecule has 2 atom stereocenters. The van der Waals surface area contributed by atoms with Crippen molar-refractivity contribution < 1.29 is 0 Å². The molecule has 3 nitrogen and oxygen atoms in total. The molecule has 3 saturated carbocycles. The Morgan fingerprint density at radius 1 is 0.818 bits per heavy atom. The van der Waals surface area contributed by atoms with E-state index in [1.807, 2.05) is 6.20 Å². The molecule has 120 valence electrons. The van der Waals surface area contributed by atoms with Gasteiger partial charge in [-0.3, -0.25) is 0 Å². The quantitative estimate of drug-likeness (QED) is 0.818. The Morgan fingerprint density at radius 3 is 2.32 bits per heavy atom. The third kappa shape index (κ3) is 3.09. The molecule has 1 heterocycles. The van der Waals surface area contributed by atoms with E-state index in [1.54, 1.807) is 0 Å². The van der Waals surface area contributed by atoms with E-state index >= 15 is 0 Å². The minimum atomic E-state index is 0.660. The third-order valence-electron chi connectivity index (χ3n) is 6.15. The number of hydrogen-bond donors (Lipinski definition) is 2. The van der Waals surface area contributed by atoms with Crippen LogP contribution in [0.2, 0.25) is 0 Å². The van der Waals surface area contributed by atoms with Crippen LogP contribution in [-0.4, -0.2) is 17.1 Å². The maximum absolute atomic E-state index is 4.59. The number of anilines is 2. The van der Waals surface area contributed by atoms with Crippen LogP contribution in [0.4, 0.5) is 11.5 Å². The highest BCUT2D eigenvalue weighted by Gasteiger charge is 2.34. The van der Waals surface area contributed by atoms with Gasteiger partial charge in [-0.2, -0.15) is 0 Å². The Balaban J connectivity index is 1.35. The first-order valence-corrected chi connectivity index (χ1v) is 9.37. The Hall–Kier alpha value is -1.25. The fourth-order valence-corrected chi connectivity index (χ4v) is 4.66. The fourth-order valence-electron chi connectivity index (χ4n) is 4.66. The van der Waals surface area contributed by atoms with Gasteiger partial charge in [0.1, 0.15) is 5.82 Å². The Bertz CT molecular complexity index is 474. The summed E-state index contributed by atoms with van der Waals surface area (Å²) in [6.45, 7) is 0. The van der Waals surface area contributed by atoms with Crippen LogP contribution in [-0.2, 0) is 0 Å². The molecule has 2 unspecified atom stereocenters. The Kier molecular flexibility index (Phi) is 4.22. The van der Waals surface area contributed by atoms with E-state index in [1.165, 1.54) is 69.9 Å². The van der Waals surface area contributed by atoms with E-state index in [4.69, 9.17) is 0 Å². The number of rotatable bonds is 5. The van der Waals surface area contributed by atoms with Gasteiger partial charge in [0.2, 0.25) is 0 Å². The zero-order valence-corrected chi connectivity index (χ0v) is 13.6. The maximum Gasteiger partial charge on any atom is 0.126 e. The zero-order valence-electron chi connectivity index (χ0n) is 13.6. The van der Waals surface area contributed by atoms with Gasteiger partial charge in [-0.05, 0) is 56.1 Å². The molecule has 0 saturated heterocycles. The van der Waals surface area contributed by atoms with Crippen molar-refractivity contribution in [2.24, 2.45) is 11.8 Å². The molecular formula is C19H29N3. The topological polar surface area (TPSA) is 37.0 Å². The summed E-state index contributed by atoms with van der Waals surface area (Å²) in [7, 11) is 0. The van der Waals surface area contributed by atoms with Gasteiger partial charge < -0.3 is 10.6 Å². The van der Waals surface area contributed by atoms with Crippen LogP contribution in [0.25, 0.3) is 0 Å². The molecule has 22 heavy (non-hydrogen) atoms. The Morgan fingerprint density at radius 2 is 1.64 bits per heavy atom. The molecule has 3 aliphatic carbocycles. The third-order valence-corrected chi connectivity index (χ3v) is 6.15. The first-order valence-electron chi connectivity index (χ1n) is 9.37. The van der Waals surface area contributed by atoms with E-state index in [-0.39, 0.29) is 0 Å². The van der Waals surface area contributed by atoms with Crippen molar-refractivity contribution in [1.29, 1.82) is 0 Å². The van der Waals surface area contributed by atoms with Crippen molar-refractivity contribution in [1.82, 2.24) is 4.98 Å². The fraction of sp³-hybridized carbons (Fsp3) is 0.737. The van der Waals surface area contributed by atoms with Crippen molar-refractivity contribution in [3.8, 4) is 0 Å². The second kappa shape index (κ2) is 6.47. The highest BCUT2D eigenvalue weighted by atomic mass is 15.0. The molecule has 0 bridgehead atoms. The van der Waals surface area contributed by atoms with Gasteiger partial charge in [0, 0.05) is 12.1 Å². The largest absolute Gasteiger partial charge is 0.381 e. The monoisotopic (exact) mass is 299 g/mol. The summed E-state index contributed by atoms with van der Waals surface area (Å²) >= 11 is 0. The standard InChI is InChI=1S/C19H29N3/c1-2-6-14(5-1)17-9-4-10-18(17)21-16-11-12-19(20-13-16)22-15-7-3-8-15/h11-15,17-18,21H,1-10H2,(H,20,22). The minimum absolute atomic E-state index is 0.660. The van der Waals surface area contributed by atoms with Gasteiger partial charge in [0.25, 0.3) is 0 Å². The molecule has 0 aliphatic heterocycles. The molecule has 1 aromatic heterocycles. The lowest BCUT2D eigenvalue weighted by atomic mass is 9.86. The molecule has 2 N–H and O–H groups in total. The van der Waals surface area contributed by atoms with Crippen LogP contribution < -0.4 is 10.6 Å². The van der Waals surface area contributed by atoms with E-state index in [2.05, 4.69) is 27.8 Å². The number of aromatic nitrogens is 1. The molecule has 0 spiro atoms. The van der Waals surface area contributed by atoms with Gasteiger partial charge in [-0.25, -0.2) is 4.98 Å². The average molecular weight is 299 g/mol. The molecule has 1 aromatic rings. The van der Waals surface area contributed by atoms with Gasteiger partial charge in [-0.15, -0.1) is 0 Å². The molecule has 4 rings (SSSR count). The van der Waals surface area contributed by atoms with Crippen LogP contribution >= 0.6 is 0 Å². The molecule has 0 radical (unpaired) electrons. The predicted molar refractivity (Wildman–Crippen MR) is 92.2 cm³/mol. The Labute approximate surface area is 134 Å². The first-order chi connectivity index (χ1) is 10.9. The number of pyridine rings is 1.